The summed E-state index contributed by atoms with van der Waals surface area (Å²) in [7, 11) is 0. The first-order chi connectivity index (χ1) is 9.15. The second-order valence-electron chi connectivity index (χ2n) is 3.98. The van der Waals surface area contributed by atoms with Crippen LogP contribution >= 0.6 is 0 Å². The summed E-state index contributed by atoms with van der Waals surface area (Å²) in [5.74, 6) is -0.833. The van der Waals surface area contributed by atoms with Crippen molar-refractivity contribution in [1.82, 2.24) is 9.97 Å². The van der Waals surface area contributed by atoms with Gasteiger partial charge in [-0.1, -0.05) is 18.2 Å². The number of nitrogens with one attached hydrogen (secondary N) is 2. The SMILES string of the molecule is O=C(O)CCc1ccccc1Nc1cnc(=O)[nH]c1. The maximum absolute atomic E-state index is 10.9. The number of aliphatic carboxylic acids is 1. The molecule has 2 aromatic rings. The van der Waals surface area contributed by atoms with Crippen LogP contribution in [0.2, 0.25) is 0 Å². The van der Waals surface area contributed by atoms with E-state index in [-0.39, 0.29) is 6.42 Å². The molecule has 3 N–H and O–H groups in total. The van der Waals surface area contributed by atoms with Gasteiger partial charge in [0.05, 0.1) is 11.9 Å². The van der Waals surface area contributed by atoms with Gasteiger partial charge in [0.1, 0.15) is 0 Å². The second-order valence-corrected chi connectivity index (χ2v) is 3.98. The Kier molecular flexibility index (Phi) is 3.92. The Balaban J connectivity index is 2.17. The topological polar surface area (TPSA) is 95.1 Å². The minimum absolute atomic E-state index is 0.0720. The molecule has 0 fully saturated rings. The average molecular weight is 259 g/mol. The van der Waals surface area contributed by atoms with Gasteiger partial charge in [-0.25, -0.2) is 4.79 Å². The number of benzene rings is 1. The Hall–Kier alpha value is -2.63. The highest BCUT2D eigenvalue weighted by Gasteiger charge is 2.05. The molecule has 0 saturated carbocycles. The quantitative estimate of drug-likeness (QED) is 0.756. The minimum Gasteiger partial charge on any atom is -0.481 e. The van der Waals surface area contributed by atoms with E-state index >= 15 is 0 Å². The Morgan fingerprint density at radius 2 is 2.16 bits per heavy atom. The number of hydrogen-bond donors (Lipinski definition) is 3. The lowest BCUT2D eigenvalue weighted by atomic mass is 10.1. The molecule has 19 heavy (non-hydrogen) atoms. The summed E-state index contributed by atoms with van der Waals surface area (Å²) in [6.45, 7) is 0. The maximum Gasteiger partial charge on any atom is 0.345 e. The van der Waals surface area contributed by atoms with Crippen molar-refractivity contribution in [3.8, 4) is 0 Å². The van der Waals surface area contributed by atoms with E-state index in [2.05, 4.69) is 15.3 Å². The highest BCUT2D eigenvalue weighted by molar-refractivity contribution is 5.68. The summed E-state index contributed by atoms with van der Waals surface area (Å²) in [6.07, 6.45) is 3.45. The van der Waals surface area contributed by atoms with Gasteiger partial charge in [-0.15, -0.1) is 0 Å². The van der Waals surface area contributed by atoms with Gasteiger partial charge in [-0.2, -0.15) is 4.98 Å². The van der Waals surface area contributed by atoms with Crippen molar-refractivity contribution in [1.29, 1.82) is 0 Å². The van der Waals surface area contributed by atoms with Gasteiger partial charge in [0, 0.05) is 18.3 Å². The molecule has 0 aliphatic rings. The van der Waals surface area contributed by atoms with Gasteiger partial charge in [0.25, 0.3) is 0 Å². The molecule has 2 rings (SSSR count). The fourth-order valence-electron chi connectivity index (χ4n) is 1.67. The lowest BCUT2D eigenvalue weighted by Crippen LogP contribution is -2.09. The van der Waals surface area contributed by atoms with E-state index < -0.39 is 11.7 Å². The predicted molar refractivity (Wildman–Crippen MR) is 70.5 cm³/mol. The molecule has 0 spiro atoms. The van der Waals surface area contributed by atoms with Crippen molar-refractivity contribution >= 4 is 17.3 Å². The monoisotopic (exact) mass is 259 g/mol. The molecule has 6 heteroatoms. The molecule has 1 aromatic heterocycles. The lowest BCUT2D eigenvalue weighted by molar-refractivity contribution is -0.136. The molecule has 0 aliphatic heterocycles. The molecule has 0 saturated heterocycles. The van der Waals surface area contributed by atoms with E-state index in [0.29, 0.717) is 12.1 Å². The van der Waals surface area contributed by atoms with E-state index in [9.17, 15) is 9.59 Å². The summed E-state index contributed by atoms with van der Waals surface area (Å²) < 4.78 is 0. The molecule has 0 aliphatic carbocycles. The van der Waals surface area contributed by atoms with E-state index in [0.717, 1.165) is 11.3 Å². The Bertz CT molecular complexity index is 617. The molecule has 98 valence electrons. The standard InChI is InChI=1S/C13H13N3O3/c17-12(18)6-5-9-3-1-2-4-11(9)16-10-7-14-13(19)15-8-10/h1-4,7-8,16H,5-6H2,(H,17,18)(H,14,15,19). The summed E-state index contributed by atoms with van der Waals surface area (Å²) in [4.78, 5) is 27.5. The van der Waals surface area contributed by atoms with Crippen LogP contribution in [0.4, 0.5) is 11.4 Å². The van der Waals surface area contributed by atoms with Crippen LogP contribution in [0.15, 0.2) is 41.5 Å². The fourth-order valence-corrected chi connectivity index (χ4v) is 1.67. The van der Waals surface area contributed by atoms with Gasteiger partial charge in [0.2, 0.25) is 0 Å². The van der Waals surface area contributed by atoms with Crippen LogP contribution in [0, 0.1) is 0 Å². The predicted octanol–water partition coefficient (Wildman–Crippen LogP) is 1.53. The number of anilines is 2. The van der Waals surface area contributed by atoms with Gasteiger partial charge in [-0.05, 0) is 18.1 Å². The summed E-state index contributed by atoms with van der Waals surface area (Å²) in [5, 5.41) is 11.8. The van der Waals surface area contributed by atoms with Crippen LogP contribution in [0.1, 0.15) is 12.0 Å². The van der Waals surface area contributed by atoms with E-state index in [1.807, 2.05) is 24.3 Å². The summed E-state index contributed by atoms with van der Waals surface area (Å²) >= 11 is 0. The van der Waals surface area contributed by atoms with E-state index in [1.165, 1.54) is 12.4 Å². The molecule has 1 aromatic carbocycles. The van der Waals surface area contributed by atoms with Crippen LogP contribution in [-0.4, -0.2) is 21.0 Å². The van der Waals surface area contributed by atoms with Crippen molar-refractivity contribution in [2.24, 2.45) is 0 Å². The Labute approximate surface area is 109 Å². The molecule has 0 amide bonds. The van der Waals surface area contributed by atoms with Crippen molar-refractivity contribution in [2.45, 2.75) is 12.8 Å². The van der Waals surface area contributed by atoms with E-state index in [1.54, 1.807) is 0 Å². The highest BCUT2D eigenvalue weighted by atomic mass is 16.4. The smallest absolute Gasteiger partial charge is 0.345 e. The third kappa shape index (κ3) is 3.67. The number of rotatable bonds is 5. The van der Waals surface area contributed by atoms with Crippen LogP contribution in [0.3, 0.4) is 0 Å². The van der Waals surface area contributed by atoms with Crippen LogP contribution in [0.25, 0.3) is 0 Å². The van der Waals surface area contributed by atoms with Crippen LogP contribution < -0.4 is 11.0 Å². The number of carboxylic acids is 1. The zero-order chi connectivity index (χ0) is 13.7. The molecule has 0 radical (unpaired) electrons. The number of nitrogens with zero attached hydrogens (tertiary/aromatic N) is 1. The number of carboxylic acid groups (broad SMARTS) is 1. The van der Waals surface area contributed by atoms with Gasteiger partial charge < -0.3 is 15.4 Å². The zero-order valence-electron chi connectivity index (χ0n) is 10.1. The Morgan fingerprint density at radius 3 is 2.84 bits per heavy atom. The zero-order valence-corrected chi connectivity index (χ0v) is 10.1. The molecular weight excluding hydrogens is 246 g/mol. The largest absolute Gasteiger partial charge is 0.481 e. The van der Waals surface area contributed by atoms with Crippen molar-refractivity contribution < 1.29 is 9.90 Å². The number of aryl methyl sites for hydroxylation is 1. The minimum atomic E-state index is -0.833. The molecule has 0 bridgehead atoms. The van der Waals surface area contributed by atoms with Crippen molar-refractivity contribution in [3.63, 3.8) is 0 Å². The number of carbonyl (C=O) groups is 1. The van der Waals surface area contributed by atoms with Crippen LogP contribution in [0.5, 0.6) is 0 Å². The number of aromatic nitrogens is 2. The lowest BCUT2D eigenvalue weighted by Gasteiger charge is -2.10. The van der Waals surface area contributed by atoms with Crippen molar-refractivity contribution in [2.75, 3.05) is 5.32 Å². The molecule has 1 heterocycles. The van der Waals surface area contributed by atoms with Gasteiger partial charge in [0.15, 0.2) is 0 Å². The molecular formula is C13H13N3O3. The first-order valence-electron chi connectivity index (χ1n) is 5.76. The van der Waals surface area contributed by atoms with Gasteiger partial charge >= 0.3 is 11.7 Å². The molecule has 0 unspecified atom stereocenters. The van der Waals surface area contributed by atoms with Gasteiger partial charge in [-0.3, -0.25) is 4.79 Å². The number of aromatic amines is 1. The average Bonchev–Trinajstić information content (AvgIpc) is 2.40. The van der Waals surface area contributed by atoms with Crippen molar-refractivity contribution in [3.05, 3.63) is 52.7 Å². The maximum atomic E-state index is 10.9. The third-order valence-electron chi connectivity index (χ3n) is 2.58. The summed E-state index contributed by atoms with van der Waals surface area (Å²) in [5.41, 5.74) is 1.93. The Morgan fingerprint density at radius 1 is 1.37 bits per heavy atom. The van der Waals surface area contributed by atoms with Crippen LogP contribution in [-0.2, 0) is 11.2 Å². The number of para-hydroxylation sites is 1. The summed E-state index contributed by atoms with van der Waals surface area (Å²) in [6, 6.07) is 7.42. The fraction of sp³-hybridized carbons (Fsp3) is 0.154. The number of H-pyrrole nitrogens is 1. The number of hydrogen-bond acceptors (Lipinski definition) is 4. The highest BCUT2D eigenvalue weighted by Crippen LogP contribution is 2.20. The second kappa shape index (κ2) is 5.81. The molecule has 6 nitrogen and oxygen atoms in total. The third-order valence-corrected chi connectivity index (χ3v) is 2.58. The first kappa shape index (κ1) is 12.8. The normalized spacial score (nSPS) is 10.1. The van der Waals surface area contributed by atoms with E-state index in [4.69, 9.17) is 5.11 Å². The first-order valence-corrected chi connectivity index (χ1v) is 5.76. The molecule has 0 atom stereocenters.